The number of thiophene rings is 1. The van der Waals surface area contributed by atoms with Crippen LogP contribution in [0.4, 0.5) is 0 Å². The topological polar surface area (TPSA) is 58.4 Å². The zero-order valence-corrected chi connectivity index (χ0v) is 14.4. The van der Waals surface area contributed by atoms with Crippen molar-refractivity contribution in [3.8, 4) is 10.6 Å². The van der Waals surface area contributed by atoms with Crippen LogP contribution >= 0.6 is 22.9 Å². The van der Waals surface area contributed by atoms with Gasteiger partial charge < -0.3 is 9.73 Å². The van der Waals surface area contributed by atoms with Gasteiger partial charge in [0.1, 0.15) is 0 Å². The highest BCUT2D eigenvalue weighted by molar-refractivity contribution is 7.17. The number of carbonyl (C=O) groups is 1. The first kappa shape index (κ1) is 15.2. The molecule has 1 amide bonds. The van der Waals surface area contributed by atoms with Crippen molar-refractivity contribution in [2.24, 2.45) is 5.92 Å². The summed E-state index contributed by atoms with van der Waals surface area (Å²) in [7, 11) is 0. The number of oxazole rings is 1. The first-order valence-corrected chi connectivity index (χ1v) is 9.08. The molecule has 5 nitrogen and oxygen atoms in total. The van der Waals surface area contributed by atoms with Gasteiger partial charge in [0.25, 0.3) is 11.3 Å². The Morgan fingerprint density at radius 2 is 2.22 bits per heavy atom. The Morgan fingerprint density at radius 1 is 1.43 bits per heavy atom. The maximum Gasteiger partial charge on any atom is 0.292 e. The number of amides is 1. The Kier molecular flexibility index (Phi) is 3.91. The van der Waals surface area contributed by atoms with Crippen molar-refractivity contribution in [1.29, 1.82) is 0 Å². The standard InChI is InChI=1S/C16H18ClN3O2S/c1-9-14(10-4-6-20(9)7-5-10)19-15(21)13-3-2-12(23-13)11-8-18-16(17)22-11/h2-3,8-10,14H,4-7H2,1H3,(H,19,21). The van der Waals surface area contributed by atoms with Gasteiger partial charge in [-0.3, -0.25) is 9.69 Å². The molecule has 2 aromatic heterocycles. The monoisotopic (exact) mass is 351 g/mol. The lowest BCUT2D eigenvalue weighted by atomic mass is 9.79. The second-order valence-electron chi connectivity index (χ2n) is 6.25. The van der Waals surface area contributed by atoms with E-state index < -0.39 is 0 Å². The van der Waals surface area contributed by atoms with Crippen LogP contribution in [0.1, 0.15) is 29.4 Å². The van der Waals surface area contributed by atoms with Gasteiger partial charge in [0.05, 0.1) is 16.0 Å². The van der Waals surface area contributed by atoms with Gasteiger partial charge in [-0.25, -0.2) is 4.98 Å². The third-order valence-corrected chi connectivity index (χ3v) is 6.30. The van der Waals surface area contributed by atoms with Gasteiger partial charge in [-0.05, 0) is 62.5 Å². The van der Waals surface area contributed by atoms with Crippen molar-refractivity contribution < 1.29 is 9.21 Å². The van der Waals surface area contributed by atoms with Crippen LogP contribution < -0.4 is 5.32 Å². The second kappa shape index (κ2) is 5.92. The minimum absolute atomic E-state index is 0.00235. The SMILES string of the molecule is CC1C(NC(=O)c2ccc(-c3cnc(Cl)o3)s2)C2CCN1CC2. The molecule has 0 saturated carbocycles. The summed E-state index contributed by atoms with van der Waals surface area (Å²) in [6.07, 6.45) is 3.94. The van der Waals surface area contributed by atoms with E-state index in [0.29, 0.717) is 22.6 Å². The van der Waals surface area contributed by atoms with E-state index in [1.807, 2.05) is 12.1 Å². The third-order valence-electron chi connectivity index (χ3n) is 5.03. The molecular formula is C16H18ClN3O2S. The van der Waals surface area contributed by atoms with Crippen LogP contribution in [-0.4, -0.2) is 41.0 Å². The Labute approximate surface area is 143 Å². The number of nitrogens with zero attached hydrogens (tertiary/aromatic N) is 2. The van der Waals surface area contributed by atoms with Crippen LogP contribution in [0, 0.1) is 5.92 Å². The molecule has 3 fully saturated rings. The molecule has 1 N–H and O–H groups in total. The van der Waals surface area contributed by atoms with E-state index in [4.69, 9.17) is 16.0 Å². The molecule has 2 unspecified atom stereocenters. The highest BCUT2D eigenvalue weighted by Crippen LogP contribution is 2.33. The van der Waals surface area contributed by atoms with Crippen molar-refractivity contribution in [2.75, 3.05) is 13.1 Å². The highest BCUT2D eigenvalue weighted by atomic mass is 35.5. The van der Waals surface area contributed by atoms with Crippen molar-refractivity contribution in [3.05, 3.63) is 28.6 Å². The van der Waals surface area contributed by atoms with Crippen LogP contribution in [0.2, 0.25) is 5.35 Å². The van der Waals surface area contributed by atoms with Crippen LogP contribution in [-0.2, 0) is 0 Å². The van der Waals surface area contributed by atoms with Crippen molar-refractivity contribution >= 4 is 28.8 Å². The number of nitrogens with one attached hydrogen (secondary N) is 1. The molecule has 2 aromatic rings. The zero-order valence-electron chi connectivity index (χ0n) is 12.8. The van der Waals surface area contributed by atoms with Crippen LogP contribution in [0.3, 0.4) is 0 Å². The lowest BCUT2D eigenvalue weighted by Gasteiger charge is -2.49. The first-order valence-electron chi connectivity index (χ1n) is 7.88. The molecule has 3 aliphatic rings. The predicted molar refractivity (Wildman–Crippen MR) is 89.8 cm³/mol. The number of rotatable bonds is 3. The minimum Gasteiger partial charge on any atom is -0.427 e. The van der Waals surface area contributed by atoms with Crippen LogP contribution in [0.5, 0.6) is 0 Å². The Hall–Kier alpha value is -1.37. The van der Waals surface area contributed by atoms with Gasteiger partial charge in [-0.1, -0.05) is 0 Å². The van der Waals surface area contributed by atoms with E-state index in [0.717, 1.165) is 18.0 Å². The molecule has 23 heavy (non-hydrogen) atoms. The summed E-state index contributed by atoms with van der Waals surface area (Å²) in [6.45, 7) is 4.54. The minimum atomic E-state index is -0.00235. The summed E-state index contributed by atoms with van der Waals surface area (Å²) in [6, 6.07) is 4.36. The second-order valence-corrected chi connectivity index (χ2v) is 7.66. The number of halogens is 1. The zero-order chi connectivity index (χ0) is 16.0. The van der Waals surface area contributed by atoms with Gasteiger partial charge >= 0.3 is 0 Å². The van der Waals surface area contributed by atoms with Crippen LogP contribution in [0.25, 0.3) is 10.6 Å². The first-order chi connectivity index (χ1) is 11.1. The van der Waals surface area contributed by atoms with E-state index in [1.165, 1.54) is 24.2 Å². The van der Waals surface area contributed by atoms with E-state index in [1.54, 1.807) is 6.20 Å². The van der Waals surface area contributed by atoms with Crippen molar-refractivity contribution in [3.63, 3.8) is 0 Å². The predicted octanol–water partition coefficient (Wildman–Crippen LogP) is 3.27. The third kappa shape index (κ3) is 2.79. The quantitative estimate of drug-likeness (QED) is 0.922. The number of hydrogen-bond donors (Lipinski definition) is 1. The normalized spacial score (nSPS) is 29.7. The van der Waals surface area contributed by atoms with Gasteiger partial charge in [-0.2, -0.15) is 0 Å². The fourth-order valence-corrected chi connectivity index (χ4v) is 4.71. The van der Waals surface area contributed by atoms with E-state index in [-0.39, 0.29) is 17.3 Å². The molecule has 0 aromatic carbocycles. The van der Waals surface area contributed by atoms with Crippen molar-refractivity contribution in [2.45, 2.75) is 31.8 Å². The average Bonchev–Trinajstić information content (AvgIpc) is 3.20. The van der Waals surface area contributed by atoms with E-state index >= 15 is 0 Å². The molecule has 7 heteroatoms. The Bertz CT molecular complexity index is 718. The van der Waals surface area contributed by atoms with Gasteiger partial charge in [0, 0.05) is 12.1 Å². The number of piperidine rings is 3. The lowest BCUT2D eigenvalue weighted by Crippen LogP contribution is -2.62. The molecular weight excluding hydrogens is 334 g/mol. The molecule has 3 saturated heterocycles. The molecule has 5 heterocycles. The lowest BCUT2D eigenvalue weighted by molar-refractivity contribution is 0.0218. The smallest absolute Gasteiger partial charge is 0.292 e. The molecule has 0 radical (unpaired) electrons. The summed E-state index contributed by atoms with van der Waals surface area (Å²) >= 11 is 7.10. The number of fused-ring (bicyclic) bond motifs is 3. The maximum atomic E-state index is 12.6. The van der Waals surface area contributed by atoms with Crippen LogP contribution in [0.15, 0.2) is 22.7 Å². The molecule has 0 aliphatic carbocycles. The highest BCUT2D eigenvalue weighted by Gasteiger charge is 2.40. The van der Waals surface area contributed by atoms with E-state index in [2.05, 4.69) is 22.1 Å². The molecule has 122 valence electrons. The molecule has 2 atom stereocenters. The van der Waals surface area contributed by atoms with Crippen molar-refractivity contribution in [1.82, 2.24) is 15.2 Å². The molecule has 5 rings (SSSR count). The van der Waals surface area contributed by atoms with Gasteiger partial charge in [0.2, 0.25) is 0 Å². The fourth-order valence-electron chi connectivity index (χ4n) is 3.73. The molecule has 2 bridgehead atoms. The summed E-state index contributed by atoms with van der Waals surface area (Å²) in [4.78, 5) is 20.5. The van der Waals surface area contributed by atoms with E-state index in [9.17, 15) is 4.79 Å². The molecule has 0 spiro atoms. The Morgan fingerprint density at radius 3 is 2.87 bits per heavy atom. The van der Waals surface area contributed by atoms with Gasteiger partial charge in [-0.15, -0.1) is 11.3 Å². The summed E-state index contributed by atoms with van der Waals surface area (Å²) in [5, 5.41) is 3.36. The Balaban J connectivity index is 1.48. The fraction of sp³-hybridized carbons (Fsp3) is 0.500. The maximum absolute atomic E-state index is 12.6. The summed E-state index contributed by atoms with van der Waals surface area (Å²) < 4.78 is 5.30. The average molecular weight is 352 g/mol. The summed E-state index contributed by atoms with van der Waals surface area (Å²) in [5.74, 6) is 1.19. The van der Waals surface area contributed by atoms with Gasteiger partial charge in [0.15, 0.2) is 5.76 Å². The largest absolute Gasteiger partial charge is 0.427 e. The number of carbonyl (C=O) groups excluding carboxylic acids is 1. The molecule has 3 aliphatic heterocycles. The number of aromatic nitrogens is 1. The summed E-state index contributed by atoms with van der Waals surface area (Å²) in [5.41, 5.74) is 0. The number of hydrogen-bond acceptors (Lipinski definition) is 5.